The largest absolute Gasteiger partial charge is 0.416 e. The van der Waals surface area contributed by atoms with Crippen LogP contribution in [0.1, 0.15) is 21.5 Å². The van der Waals surface area contributed by atoms with E-state index < -0.39 is 40.8 Å². The second-order valence-electron chi connectivity index (χ2n) is 4.73. The SMILES string of the molecule is O=C(Nc1ccccc1F)c1cc(C(F)(F)F)cc(C(F)(F)F)c1. The number of carbonyl (C=O) groups is 1. The van der Waals surface area contributed by atoms with E-state index in [9.17, 15) is 35.5 Å². The van der Waals surface area contributed by atoms with Crippen LogP contribution in [0.3, 0.4) is 0 Å². The van der Waals surface area contributed by atoms with Crippen LogP contribution in [0.5, 0.6) is 0 Å². The number of carbonyl (C=O) groups excluding carboxylic acids is 1. The van der Waals surface area contributed by atoms with Gasteiger partial charge in [-0.1, -0.05) is 12.1 Å². The van der Waals surface area contributed by atoms with Crippen LogP contribution >= 0.6 is 0 Å². The maximum Gasteiger partial charge on any atom is 0.416 e. The molecule has 0 spiro atoms. The first kappa shape index (κ1) is 17.8. The van der Waals surface area contributed by atoms with Gasteiger partial charge in [0.15, 0.2) is 0 Å². The Bertz CT molecular complexity index is 733. The van der Waals surface area contributed by atoms with Gasteiger partial charge in [0.2, 0.25) is 0 Å². The highest BCUT2D eigenvalue weighted by molar-refractivity contribution is 6.04. The number of halogens is 7. The lowest BCUT2D eigenvalue weighted by molar-refractivity contribution is -0.143. The molecular weight excluding hydrogens is 343 g/mol. The van der Waals surface area contributed by atoms with Crippen molar-refractivity contribution in [3.8, 4) is 0 Å². The first-order valence-corrected chi connectivity index (χ1v) is 6.34. The van der Waals surface area contributed by atoms with Gasteiger partial charge in [0.05, 0.1) is 16.8 Å². The zero-order valence-corrected chi connectivity index (χ0v) is 11.6. The Morgan fingerprint density at radius 1 is 0.833 bits per heavy atom. The summed E-state index contributed by atoms with van der Waals surface area (Å²) in [6.07, 6.45) is -10.2. The van der Waals surface area contributed by atoms with E-state index in [1.165, 1.54) is 12.1 Å². The highest BCUT2D eigenvalue weighted by atomic mass is 19.4. The Morgan fingerprint density at radius 3 is 1.79 bits per heavy atom. The molecule has 128 valence electrons. The third kappa shape index (κ3) is 4.03. The van der Waals surface area contributed by atoms with Crippen molar-refractivity contribution >= 4 is 11.6 Å². The van der Waals surface area contributed by atoms with Crippen LogP contribution < -0.4 is 5.32 Å². The number of hydrogen-bond donors (Lipinski definition) is 1. The van der Waals surface area contributed by atoms with E-state index in [1.54, 1.807) is 0 Å². The van der Waals surface area contributed by atoms with E-state index >= 15 is 0 Å². The number of para-hydroxylation sites is 1. The van der Waals surface area contributed by atoms with Gasteiger partial charge in [-0.25, -0.2) is 4.39 Å². The van der Waals surface area contributed by atoms with Gasteiger partial charge in [-0.2, -0.15) is 26.3 Å². The molecule has 9 heteroatoms. The summed E-state index contributed by atoms with van der Waals surface area (Å²) in [4.78, 5) is 11.9. The Morgan fingerprint density at radius 2 is 1.33 bits per heavy atom. The summed E-state index contributed by atoms with van der Waals surface area (Å²) in [5.41, 5.74) is -4.51. The average molecular weight is 351 g/mol. The highest BCUT2D eigenvalue weighted by Gasteiger charge is 2.37. The molecule has 24 heavy (non-hydrogen) atoms. The van der Waals surface area contributed by atoms with Crippen molar-refractivity contribution in [1.29, 1.82) is 0 Å². The molecule has 0 aliphatic heterocycles. The normalized spacial score (nSPS) is 12.1. The molecule has 0 fully saturated rings. The zero-order valence-electron chi connectivity index (χ0n) is 11.6. The number of anilines is 1. The summed E-state index contributed by atoms with van der Waals surface area (Å²) in [7, 11) is 0. The quantitative estimate of drug-likeness (QED) is 0.748. The van der Waals surface area contributed by atoms with E-state index in [1.807, 2.05) is 5.32 Å². The lowest BCUT2D eigenvalue weighted by Gasteiger charge is -2.14. The second-order valence-corrected chi connectivity index (χ2v) is 4.73. The first-order valence-electron chi connectivity index (χ1n) is 6.34. The Kier molecular flexibility index (Phi) is 4.54. The highest BCUT2D eigenvalue weighted by Crippen LogP contribution is 2.36. The van der Waals surface area contributed by atoms with Crippen LogP contribution in [0, 0.1) is 5.82 Å². The van der Waals surface area contributed by atoms with Crippen LogP contribution in [-0.4, -0.2) is 5.91 Å². The van der Waals surface area contributed by atoms with Crippen molar-refractivity contribution < 1.29 is 35.5 Å². The Hall–Kier alpha value is -2.58. The lowest BCUT2D eigenvalue weighted by atomic mass is 10.0. The summed E-state index contributed by atoms with van der Waals surface area (Å²) in [5.74, 6) is -2.18. The molecule has 0 atom stereocenters. The van der Waals surface area contributed by atoms with Crippen LogP contribution in [-0.2, 0) is 12.4 Å². The van der Waals surface area contributed by atoms with Gasteiger partial charge in [0.1, 0.15) is 5.82 Å². The minimum atomic E-state index is -5.08. The van der Waals surface area contributed by atoms with Crippen molar-refractivity contribution in [2.45, 2.75) is 12.4 Å². The average Bonchev–Trinajstić information content (AvgIpc) is 2.47. The summed E-state index contributed by atoms with van der Waals surface area (Å²) in [5, 5.41) is 1.94. The second kappa shape index (κ2) is 6.14. The van der Waals surface area contributed by atoms with Gasteiger partial charge in [0, 0.05) is 5.56 Å². The summed E-state index contributed by atoms with van der Waals surface area (Å²) < 4.78 is 89.8. The van der Waals surface area contributed by atoms with Crippen molar-refractivity contribution in [3.05, 3.63) is 65.0 Å². The molecular formula is C15H8F7NO. The van der Waals surface area contributed by atoms with Crippen LogP contribution in [0.15, 0.2) is 42.5 Å². The van der Waals surface area contributed by atoms with Crippen molar-refractivity contribution in [3.63, 3.8) is 0 Å². The van der Waals surface area contributed by atoms with Crippen molar-refractivity contribution in [2.24, 2.45) is 0 Å². The monoisotopic (exact) mass is 351 g/mol. The minimum absolute atomic E-state index is 0.0973. The zero-order chi connectivity index (χ0) is 18.1. The third-order valence-corrected chi connectivity index (χ3v) is 2.97. The minimum Gasteiger partial charge on any atom is -0.319 e. The van der Waals surface area contributed by atoms with E-state index in [0.29, 0.717) is 0 Å². The smallest absolute Gasteiger partial charge is 0.319 e. The molecule has 2 rings (SSSR count). The van der Waals surface area contributed by atoms with E-state index in [4.69, 9.17) is 0 Å². The van der Waals surface area contributed by atoms with Gasteiger partial charge in [-0.3, -0.25) is 4.79 Å². The van der Waals surface area contributed by atoms with Crippen LogP contribution in [0.2, 0.25) is 0 Å². The first-order chi connectivity index (χ1) is 11.0. The fraction of sp³-hybridized carbons (Fsp3) is 0.133. The van der Waals surface area contributed by atoms with Gasteiger partial charge < -0.3 is 5.32 Å². The van der Waals surface area contributed by atoms with Crippen LogP contribution in [0.25, 0.3) is 0 Å². The lowest BCUT2D eigenvalue weighted by Crippen LogP contribution is -2.17. The molecule has 1 N–H and O–H groups in total. The summed E-state index contributed by atoms with van der Waals surface area (Å²) in [6, 6.07) is 5.17. The molecule has 2 nitrogen and oxygen atoms in total. The number of benzene rings is 2. The van der Waals surface area contributed by atoms with Gasteiger partial charge in [0.25, 0.3) is 5.91 Å². The summed E-state index contributed by atoms with van der Waals surface area (Å²) in [6.45, 7) is 0. The maximum atomic E-state index is 13.4. The van der Waals surface area contributed by atoms with Gasteiger partial charge in [-0.15, -0.1) is 0 Å². The molecule has 2 aromatic rings. The molecule has 0 bridgehead atoms. The van der Waals surface area contributed by atoms with Gasteiger partial charge in [-0.05, 0) is 30.3 Å². The van der Waals surface area contributed by atoms with E-state index in [-0.39, 0.29) is 23.9 Å². The maximum absolute atomic E-state index is 13.4. The molecule has 2 aromatic carbocycles. The number of alkyl halides is 6. The van der Waals surface area contributed by atoms with Gasteiger partial charge >= 0.3 is 12.4 Å². The van der Waals surface area contributed by atoms with Crippen molar-refractivity contribution in [1.82, 2.24) is 0 Å². The molecule has 0 aliphatic rings. The van der Waals surface area contributed by atoms with Crippen LogP contribution in [0.4, 0.5) is 36.4 Å². The Balaban J connectivity index is 2.45. The summed E-state index contributed by atoms with van der Waals surface area (Å²) >= 11 is 0. The molecule has 0 heterocycles. The third-order valence-electron chi connectivity index (χ3n) is 2.97. The standard InChI is InChI=1S/C15H8F7NO/c16-11-3-1-2-4-12(11)23-13(24)8-5-9(14(17,18)19)7-10(6-8)15(20,21)22/h1-7H,(H,23,24). The predicted octanol–water partition coefficient (Wildman–Crippen LogP) is 5.12. The molecule has 0 aromatic heterocycles. The molecule has 0 unspecified atom stereocenters. The number of rotatable bonds is 2. The predicted molar refractivity (Wildman–Crippen MR) is 70.8 cm³/mol. The molecule has 0 saturated carbocycles. The number of hydrogen-bond acceptors (Lipinski definition) is 1. The molecule has 0 aliphatic carbocycles. The molecule has 0 radical (unpaired) electrons. The van der Waals surface area contributed by atoms with E-state index in [0.717, 1.165) is 12.1 Å². The fourth-order valence-electron chi connectivity index (χ4n) is 1.84. The number of nitrogens with one attached hydrogen (secondary N) is 1. The molecule has 1 amide bonds. The molecule has 0 saturated heterocycles. The number of amides is 1. The fourth-order valence-corrected chi connectivity index (χ4v) is 1.84. The van der Waals surface area contributed by atoms with Crippen molar-refractivity contribution in [2.75, 3.05) is 5.32 Å². The van der Waals surface area contributed by atoms with E-state index in [2.05, 4.69) is 0 Å². The topological polar surface area (TPSA) is 29.1 Å². The Labute approximate surface area is 130 Å².